The van der Waals surface area contributed by atoms with Crippen molar-refractivity contribution in [2.75, 3.05) is 6.61 Å². The van der Waals surface area contributed by atoms with Crippen molar-refractivity contribution in [1.82, 2.24) is 0 Å². The van der Waals surface area contributed by atoms with Gasteiger partial charge in [-0.2, -0.15) is 0 Å². The first-order valence-electron chi connectivity index (χ1n) is 3.87. The maximum atomic E-state index is 9.88. The van der Waals surface area contributed by atoms with Crippen LogP contribution in [0.2, 0.25) is 5.02 Å². The monoisotopic (exact) mass is 201 g/mol. The van der Waals surface area contributed by atoms with Crippen molar-refractivity contribution in [3.63, 3.8) is 0 Å². The summed E-state index contributed by atoms with van der Waals surface area (Å²) in [6.07, 6.45) is 0. The van der Waals surface area contributed by atoms with Crippen molar-refractivity contribution in [1.29, 1.82) is 0 Å². The molecule has 0 spiro atoms. The van der Waals surface area contributed by atoms with Gasteiger partial charge in [0.05, 0.1) is 0 Å². The summed E-state index contributed by atoms with van der Waals surface area (Å²) in [4.78, 5) is 4.41. The van der Waals surface area contributed by atoms with E-state index < -0.39 is 5.60 Å². The van der Waals surface area contributed by atoms with Gasteiger partial charge < -0.3 is 9.94 Å². The lowest BCUT2D eigenvalue weighted by Crippen LogP contribution is -2.29. The molecule has 0 aromatic heterocycles. The molecule has 1 rings (SSSR count). The Hall–Kier alpha value is -0.610. The average molecular weight is 202 g/mol. The van der Waals surface area contributed by atoms with Crippen LogP contribution in [0.3, 0.4) is 0 Å². The van der Waals surface area contributed by atoms with Gasteiger partial charge in [0, 0.05) is 10.6 Å². The molecule has 0 saturated heterocycles. The van der Waals surface area contributed by atoms with Gasteiger partial charge in [0.2, 0.25) is 0 Å². The normalized spacial score (nSPS) is 15.4. The summed E-state index contributed by atoms with van der Waals surface area (Å²) in [5, 5.41) is 10.4. The predicted molar refractivity (Wildman–Crippen MR) is 51.2 cm³/mol. The first-order valence-corrected chi connectivity index (χ1v) is 4.25. The second kappa shape index (κ2) is 4.07. The fourth-order valence-corrected chi connectivity index (χ4v) is 1.48. The zero-order chi connectivity index (χ0) is 9.90. The molecule has 13 heavy (non-hydrogen) atoms. The molecular formula is C9H12ClNO2. The third-order valence-electron chi connectivity index (χ3n) is 1.82. The van der Waals surface area contributed by atoms with Gasteiger partial charge in [-0.05, 0) is 13.0 Å². The van der Waals surface area contributed by atoms with Crippen LogP contribution in [0.5, 0.6) is 0 Å². The minimum atomic E-state index is -1.15. The van der Waals surface area contributed by atoms with Crippen LogP contribution in [-0.2, 0) is 10.4 Å². The number of benzene rings is 1. The Morgan fingerprint density at radius 3 is 2.69 bits per heavy atom. The van der Waals surface area contributed by atoms with E-state index in [0.717, 1.165) is 0 Å². The molecule has 0 saturated carbocycles. The van der Waals surface area contributed by atoms with Crippen molar-refractivity contribution in [2.45, 2.75) is 12.5 Å². The topological polar surface area (TPSA) is 55.5 Å². The maximum absolute atomic E-state index is 9.88. The fraction of sp³-hybridized carbons (Fsp3) is 0.333. The molecule has 1 atom stereocenters. The van der Waals surface area contributed by atoms with Crippen LogP contribution >= 0.6 is 11.6 Å². The van der Waals surface area contributed by atoms with E-state index in [0.29, 0.717) is 10.6 Å². The Morgan fingerprint density at radius 1 is 1.54 bits per heavy atom. The molecule has 0 aliphatic carbocycles. The van der Waals surface area contributed by atoms with Crippen LogP contribution in [0, 0.1) is 0 Å². The van der Waals surface area contributed by atoms with Gasteiger partial charge in [0.15, 0.2) is 0 Å². The van der Waals surface area contributed by atoms with Gasteiger partial charge in [0.1, 0.15) is 12.2 Å². The Morgan fingerprint density at radius 2 is 2.15 bits per heavy atom. The molecule has 1 aromatic rings. The second-order valence-corrected chi connectivity index (χ2v) is 3.47. The van der Waals surface area contributed by atoms with Crippen LogP contribution in [0.15, 0.2) is 24.3 Å². The molecule has 4 heteroatoms. The number of halogens is 1. The first-order chi connectivity index (χ1) is 6.08. The highest BCUT2D eigenvalue weighted by Gasteiger charge is 2.25. The highest BCUT2D eigenvalue weighted by Crippen LogP contribution is 2.27. The Kier molecular flexibility index (Phi) is 3.27. The van der Waals surface area contributed by atoms with Gasteiger partial charge in [0.25, 0.3) is 0 Å². The van der Waals surface area contributed by atoms with Crippen molar-refractivity contribution in [2.24, 2.45) is 5.90 Å². The number of hydrogen-bond acceptors (Lipinski definition) is 3. The zero-order valence-electron chi connectivity index (χ0n) is 7.33. The Labute approximate surface area is 82.0 Å². The van der Waals surface area contributed by atoms with E-state index in [1.807, 2.05) is 0 Å². The fourth-order valence-electron chi connectivity index (χ4n) is 1.14. The van der Waals surface area contributed by atoms with Gasteiger partial charge in [-0.25, -0.2) is 5.90 Å². The van der Waals surface area contributed by atoms with Crippen molar-refractivity contribution in [3.05, 3.63) is 34.9 Å². The summed E-state index contributed by atoms with van der Waals surface area (Å²) >= 11 is 5.89. The van der Waals surface area contributed by atoms with Crippen LogP contribution in [0.4, 0.5) is 0 Å². The zero-order valence-corrected chi connectivity index (χ0v) is 8.08. The molecule has 0 fully saturated rings. The Balaban J connectivity index is 2.99. The third-order valence-corrected chi connectivity index (χ3v) is 2.15. The van der Waals surface area contributed by atoms with E-state index in [1.54, 1.807) is 31.2 Å². The van der Waals surface area contributed by atoms with E-state index in [1.165, 1.54) is 0 Å². The maximum Gasteiger partial charge on any atom is 0.113 e. The van der Waals surface area contributed by atoms with Crippen LogP contribution in [0.25, 0.3) is 0 Å². The summed E-state index contributed by atoms with van der Waals surface area (Å²) in [5.41, 5.74) is -0.533. The lowest BCUT2D eigenvalue weighted by Gasteiger charge is -2.23. The SMILES string of the molecule is CC(O)(CON)c1ccccc1Cl. The van der Waals surface area contributed by atoms with Crippen molar-refractivity contribution < 1.29 is 9.94 Å². The highest BCUT2D eigenvalue weighted by molar-refractivity contribution is 6.31. The van der Waals surface area contributed by atoms with Gasteiger partial charge in [-0.1, -0.05) is 29.8 Å². The molecule has 1 aromatic carbocycles. The number of aliphatic hydroxyl groups is 1. The van der Waals surface area contributed by atoms with Crippen LogP contribution in [-0.4, -0.2) is 11.7 Å². The van der Waals surface area contributed by atoms with Gasteiger partial charge in [-0.3, -0.25) is 0 Å². The quantitative estimate of drug-likeness (QED) is 0.728. The summed E-state index contributed by atoms with van der Waals surface area (Å²) in [5.74, 6) is 4.90. The van der Waals surface area contributed by atoms with E-state index in [4.69, 9.17) is 17.5 Å². The third kappa shape index (κ3) is 2.42. The largest absolute Gasteiger partial charge is 0.383 e. The smallest absolute Gasteiger partial charge is 0.113 e. The summed E-state index contributed by atoms with van der Waals surface area (Å²) in [7, 11) is 0. The molecule has 3 N–H and O–H groups in total. The molecule has 0 aliphatic rings. The molecule has 0 bridgehead atoms. The molecule has 3 nitrogen and oxygen atoms in total. The summed E-state index contributed by atoms with van der Waals surface area (Å²) in [6.45, 7) is 1.61. The van der Waals surface area contributed by atoms with Crippen molar-refractivity contribution in [3.8, 4) is 0 Å². The second-order valence-electron chi connectivity index (χ2n) is 3.06. The molecule has 0 heterocycles. The molecule has 0 amide bonds. The van der Waals surface area contributed by atoms with Crippen LogP contribution in [0.1, 0.15) is 12.5 Å². The molecule has 0 radical (unpaired) electrons. The number of nitrogens with two attached hydrogens (primary N) is 1. The number of hydrogen-bond donors (Lipinski definition) is 2. The van der Waals surface area contributed by atoms with Gasteiger partial charge in [-0.15, -0.1) is 0 Å². The van der Waals surface area contributed by atoms with Gasteiger partial charge >= 0.3 is 0 Å². The minimum Gasteiger partial charge on any atom is -0.383 e. The van der Waals surface area contributed by atoms with E-state index >= 15 is 0 Å². The molecular weight excluding hydrogens is 190 g/mol. The molecule has 1 unspecified atom stereocenters. The van der Waals surface area contributed by atoms with E-state index in [-0.39, 0.29) is 6.61 Å². The average Bonchev–Trinajstić information content (AvgIpc) is 2.04. The molecule has 72 valence electrons. The molecule has 0 aliphatic heterocycles. The highest BCUT2D eigenvalue weighted by atomic mass is 35.5. The predicted octanol–water partition coefficient (Wildman–Crippen LogP) is 1.44. The first kappa shape index (κ1) is 10.5. The Bertz CT molecular complexity index is 289. The standard InChI is InChI=1S/C9H12ClNO2/c1-9(12,6-13-11)7-4-2-3-5-8(7)10/h2-5,12H,6,11H2,1H3. The lowest BCUT2D eigenvalue weighted by atomic mass is 9.97. The summed E-state index contributed by atoms with van der Waals surface area (Å²) in [6, 6.07) is 7.04. The van der Waals surface area contributed by atoms with Crippen molar-refractivity contribution >= 4 is 11.6 Å². The van der Waals surface area contributed by atoms with E-state index in [2.05, 4.69) is 4.84 Å². The summed E-state index contributed by atoms with van der Waals surface area (Å²) < 4.78 is 0. The number of rotatable bonds is 3. The minimum absolute atomic E-state index is 0.0106. The lowest BCUT2D eigenvalue weighted by molar-refractivity contribution is -0.0386. The van der Waals surface area contributed by atoms with Crippen LogP contribution < -0.4 is 5.90 Å². The van der Waals surface area contributed by atoms with E-state index in [9.17, 15) is 5.11 Å².